The number of amides is 3. The quantitative estimate of drug-likeness (QED) is 0.517. The molecule has 2 N–H and O–H groups in total. The van der Waals surface area contributed by atoms with E-state index in [2.05, 4.69) is 10.6 Å². The molecule has 8 nitrogen and oxygen atoms in total. The van der Waals surface area contributed by atoms with E-state index in [0.29, 0.717) is 29.9 Å². The Bertz CT molecular complexity index is 1190. The van der Waals surface area contributed by atoms with Crippen molar-refractivity contribution in [3.63, 3.8) is 0 Å². The second kappa shape index (κ2) is 10.1. The average molecular weight is 464 g/mol. The second-order valence-electron chi connectivity index (χ2n) is 7.30. The molecular formula is C24H21N3O5S. The average Bonchev–Trinajstić information content (AvgIpc) is 3.50. The topological polar surface area (TPSA) is 105 Å². The summed E-state index contributed by atoms with van der Waals surface area (Å²) in [5, 5.41) is 8.88. The number of nitrogens with zero attached hydrogens (tertiary/aromatic N) is 1. The molecule has 0 bridgehead atoms. The van der Waals surface area contributed by atoms with Gasteiger partial charge in [0.05, 0.1) is 28.2 Å². The highest BCUT2D eigenvalue weighted by molar-refractivity contribution is 7.08. The number of ether oxygens (including phenoxy) is 1. The summed E-state index contributed by atoms with van der Waals surface area (Å²) in [6, 6.07) is 15.1. The van der Waals surface area contributed by atoms with Crippen molar-refractivity contribution in [1.82, 2.24) is 0 Å². The summed E-state index contributed by atoms with van der Waals surface area (Å²) in [6.45, 7) is 0.0719. The highest BCUT2D eigenvalue weighted by Gasteiger charge is 2.24. The minimum atomic E-state index is -0.741. The van der Waals surface area contributed by atoms with Crippen molar-refractivity contribution in [2.24, 2.45) is 0 Å². The number of rotatable bonds is 7. The van der Waals surface area contributed by atoms with E-state index in [1.165, 1.54) is 17.4 Å². The SMILES string of the molecule is O=C(COC(=O)c1ccccc1NC(=O)c1ccsc1)Nc1ccccc1N1CCCC1=O. The number of anilines is 3. The van der Waals surface area contributed by atoms with Gasteiger partial charge in [-0.1, -0.05) is 24.3 Å². The lowest BCUT2D eigenvalue weighted by Gasteiger charge is -2.20. The van der Waals surface area contributed by atoms with Crippen molar-refractivity contribution in [1.29, 1.82) is 0 Å². The van der Waals surface area contributed by atoms with Crippen molar-refractivity contribution in [3.8, 4) is 0 Å². The summed E-state index contributed by atoms with van der Waals surface area (Å²) in [7, 11) is 0. The first-order chi connectivity index (χ1) is 16.0. The van der Waals surface area contributed by atoms with E-state index in [0.717, 1.165) is 6.42 Å². The number of benzene rings is 2. The van der Waals surface area contributed by atoms with E-state index in [9.17, 15) is 19.2 Å². The number of nitrogens with one attached hydrogen (secondary N) is 2. The Balaban J connectivity index is 1.39. The van der Waals surface area contributed by atoms with Crippen LogP contribution in [0.4, 0.5) is 17.1 Å². The maximum atomic E-state index is 12.6. The van der Waals surface area contributed by atoms with Gasteiger partial charge in [0, 0.05) is 18.3 Å². The molecule has 0 radical (unpaired) electrons. The monoisotopic (exact) mass is 463 g/mol. The van der Waals surface area contributed by atoms with Crippen LogP contribution in [0.2, 0.25) is 0 Å². The minimum Gasteiger partial charge on any atom is -0.452 e. The Morgan fingerprint density at radius 1 is 0.970 bits per heavy atom. The summed E-state index contributed by atoms with van der Waals surface area (Å²) in [5.41, 5.74) is 1.99. The largest absolute Gasteiger partial charge is 0.452 e. The zero-order chi connectivity index (χ0) is 23.2. The molecule has 0 spiro atoms. The van der Waals surface area contributed by atoms with Crippen molar-refractivity contribution < 1.29 is 23.9 Å². The fourth-order valence-electron chi connectivity index (χ4n) is 3.47. The number of carbonyl (C=O) groups excluding carboxylic acids is 4. The molecule has 33 heavy (non-hydrogen) atoms. The van der Waals surface area contributed by atoms with Crippen LogP contribution in [-0.2, 0) is 14.3 Å². The maximum absolute atomic E-state index is 12.6. The fraction of sp³-hybridized carbons (Fsp3) is 0.167. The van der Waals surface area contributed by atoms with Crippen LogP contribution < -0.4 is 15.5 Å². The predicted octanol–water partition coefficient (Wildman–Crippen LogP) is 3.92. The van der Waals surface area contributed by atoms with Gasteiger partial charge in [-0.2, -0.15) is 11.3 Å². The van der Waals surface area contributed by atoms with Crippen LogP contribution >= 0.6 is 11.3 Å². The molecular weight excluding hydrogens is 442 g/mol. The first kappa shape index (κ1) is 22.2. The third-order valence-electron chi connectivity index (χ3n) is 5.06. The molecule has 1 saturated heterocycles. The van der Waals surface area contributed by atoms with Crippen LogP contribution in [0.1, 0.15) is 33.6 Å². The normalized spacial score (nSPS) is 13.0. The highest BCUT2D eigenvalue weighted by Crippen LogP contribution is 2.29. The van der Waals surface area contributed by atoms with Crippen molar-refractivity contribution in [3.05, 3.63) is 76.5 Å². The molecule has 1 fully saturated rings. The molecule has 0 atom stereocenters. The molecule has 168 valence electrons. The van der Waals surface area contributed by atoms with Gasteiger partial charge in [0.2, 0.25) is 5.91 Å². The third kappa shape index (κ3) is 5.27. The van der Waals surface area contributed by atoms with Gasteiger partial charge in [-0.15, -0.1) is 0 Å². The second-order valence-corrected chi connectivity index (χ2v) is 8.08. The lowest BCUT2D eigenvalue weighted by atomic mass is 10.1. The van der Waals surface area contributed by atoms with Gasteiger partial charge >= 0.3 is 5.97 Å². The molecule has 4 rings (SSSR count). The molecule has 0 unspecified atom stereocenters. The molecule has 3 aromatic rings. The van der Waals surface area contributed by atoms with Crippen LogP contribution in [0.15, 0.2) is 65.4 Å². The number of hydrogen-bond donors (Lipinski definition) is 2. The smallest absolute Gasteiger partial charge is 0.340 e. The number of hydrogen-bond acceptors (Lipinski definition) is 6. The third-order valence-corrected chi connectivity index (χ3v) is 5.74. The molecule has 9 heteroatoms. The molecule has 1 aliphatic heterocycles. The van der Waals surface area contributed by atoms with Gasteiger partial charge in [0.1, 0.15) is 0 Å². The Morgan fingerprint density at radius 2 is 1.73 bits per heavy atom. The number of para-hydroxylation sites is 3. The summed E-state index contributed by atoms with van der Waals surface area (Å²) in [4.78, 5) is 51.1. The Hall–Kier alpha value is -3.98. The number of carbonyl (C=O) groups is 4. The lowest BCUT2D eigenvalue weighted by molar-refractivity contribution is -0.119. The summed E-state index contributed by atoms with van der Waals surface area (Å²) in [5.74, 6) is -1.62. The Labute approximate surface area is 194 Å². The van der Waals surface area contributed by atoms with Gasteiger partial charge in [0.25, 0.3) is 11.8 Å². The van der Waals surface area contributed by atoms with E-state index < -0.39 is 18.5 Å². The van der Waals surface area contributed by atoms with Crippen molar-refractivity contribution in [2.45, 2.75) is 12.8 Å². The summed E-state index contributed by atoms with van der Waals surface area (Å²) >= 11 is 1.39. The van der Waals surface area contributed by atoms with E-state index >= 15 is 0 Å². The van der Waals surface area contributed by atoms with Gasteiger partial charge in [0.15, 0.2) is 6.61 Å². The van der Waals surface area contributed by atoms with Gasteiger partial charge in [-0.3, -0.25) is 14.4 Å². The molecule has 2 heterocycles. The first-order valence-electron chi connectivity index (χ1n) is 10.3. The fourth-order valence-corrected chi connectivity index (χ4v) is 4.11. The predicted molar refractivity (Wildman–Crippen MR) is 126 cm³/mol. The zero-order valence-corrected chi connectivity index (χ0v) is 18.4. The van der Waals surface area contributed by atoms with Crippen LogP contribution in [-0.4, -0.2) is 36.8 Å². The van der Waals surface area contributed by atoms with Gasteiger partial charge in [-0.25, -0.2) is 4.79 Å². The van der Waals surface area contributed by atoms with Crippen LogP contribution in [0, 0.1) is 0 Å². The van der Waals surface area contributed by atoms with Gasteiger partial charge < -0.3 is 20.3 Å². The van der Waals surface area contributed by atoms with E-state index in [1.807, 2.05) is 0 Å². The lowest BCUT2D eigenvalue weighted by Crippen LogP contribution is -2.27. The minimum absolute atomic E-state index is 0.00392. The maximum Gasteiger partial charge on any atom is 0.340 e. The first-order valence-corrected chi connectivity index (χ1v) is 11.3. The number of thiophene rings is 1. The molecule has 0 aliphatic carbocycles. The van der Waals surface area contributed by atoms with E-state index in [4.69, 9.17) is 4.74 Å². The van der Waals surface area contributed by atoms with Crippen molar-refractivity contribution >= 4 is 52.1 Å². The van der Waals surface area contributed by atoms with E-state index in [1.54, 1.807) is 64.2 Å². The Kier molecular flexibility index (Phi) is 6.80. The molecule has 2 aromatic carbocycles. The molecule has 1 aromatic heterocycles. The van der Waals surface area contributed by atoms with Gasteiger partial charge in [-0.05, 0) is 42.1 Å². The number of esters is 1. The summed E-state index contributed by atoms with van der Waals surface area (Å²) in [6.07, 6.45) is 1.24. The molecule has 3 amide bonds. The summed E-state index contributed by atoms with van der Waals surface area (Å²) < 4.78 is 5.18. The molecule has 0 saturated carbocycles. The Morgan fingerprint density at radius 3 is 2.45 bits per heavy atom. The van der Waals surface area contributed by atoms with Crippen molar-refractivity contribution in [2.75, 3.05) is 28.7 Å². The van der Waals surface area contributed by atoms with E-state index in [-0.39, 0.29) is 23.1 Å². The standard InChI is InChI=1S/C24H21N3O5S/c28-21(25-19-8-3-4-9-20(19)27-12-5-10-22(27)29)14-32-24(31)17-6-1-2-7-18(17)26-23(30)16-11-13-33-15-16/h1-4,6-9,11,13,15H,5,10,12,14H2,(H,25,28)(H,26,30). The van der Waals surface area contributed by atoms with Crippen LogP contribution in [0.5, 0.6) is 0 Å². The highest BCUT2D eigenvalue weighted by atomic mass is 32.1. The molecule has 1 aliphatic rings. The zero-order valence-electron chi connectivity index (χ0n) is 17.6. The van der Waals surface area contributed by atoms with Crippen LogP contribution in [0.25, 0.3) is 0 Å². The van der Waals surface area contributed by atoms with Crippen LogP contribution in [0.3, 0.4) is 0 Å².